The Balaban J connectivity index is 1.94. The van der Waals surface area contributed by atoms with Gasteiger partial charge >= 0.3 is 5.97 Å². The molecule has 0 bridgehead atoms. The summed E-state index contributed by atoms with van der Waals surface area (Å²) >= 11 is 6.04. The Labute approximate surface area is 173 Å². The number of carbonyl (C=O) groups excluding carboxylic acids is 1. The Kier molecular flexibility index (Phi) is 6.37. The SMILES string of the molecule is CC(OC(=O)c1cccc(Cl)c1)C(c1ccccc1)[Si](C)(C)c1ccccc1. The minimum absolute atomic E-state index is 0.124. The second-order valence-corrected chi connectivity index (χ2v) is 12.7. The van der Waals surface area contributed by atoms with Crippen LogP contribution in [-0.4, -0.2) is 20.1 Å². The van der Waals surface area contributed by atoms with Crippen molar-refractivity contribution in [1.82, 2.24) is 0 Å². The number of ether oxygens (including phenoxy) is 1. The highest BCUT2D eigenvalue weighted by atomic mass is 35.5. The van der Waals surface area contributed by atoms with Crippen LogP contribution in [0.25, 0.3) is 0 Å². The Morgan fingerprint density at radius 1 is 0.893 bits per heavy atom. The van der Waals surface area contributed by atoms with Gasteiger partial charge in [0, 0.05) is 10.6 Å². The Bertz CT molecular complexity index is 926. The fourth-order valence-corrected chi connectivity index (χ4v) is 7.77. The summed E-state index contributed by atoms with van der Waals surface area (Å²) in [5.41, 5.74) is 1.80. The van der Waals surface area contributed by atoms with Gasteiger partial charge in [0.05, 0.1) is 13.6 Å². The average molecular weight is 409 g/mol. The lowest BCUT2D eigenvalue weighted by molar-refractivity contribution is 0.0327. The number of halogens is 1. The molecule has 3 aromatic rings. The molecule has 0 fully saturated rings. The molecule has 2 unspecified atom stereocenters. The summed E-state index contributed by atoms with van der Waals surface area (Å²) in [5.74, 6) is -0.339. The first-order valence-corrected chi connectivity index (χ1v) is 12.9. The van der Waals surface area contributed by atoms with E-state index in [1.165, 1.54) is 10.8 Å². The van der Waals surface area contributed by atoms with Gasteiger partial charge in [-0.2, -0.15) is 0 Å². The van der Waals surface area contributed by atoms with Crippen molar-refractivity contribution in [1.29, 1.82) is 0 Å². The van der Waals surface area contributed by atoms with E-state index in [2.05, 4.69) is 49.5 Å². The van der Waals surface area contributed by atoms with E-state index < -0.39 is 8.07 Å². The molecule has 3 aromatic carbocycles. The Morgan fingerprint density at radius 3 is 2.11 bits per heavy atom. The van der Waals surface area contributed by atoms with Gasteiger partial charge in [0.25, 0.3) is 0 Å². The molecule has 2 nitrogen and oxygen atoms in total. The molecule has 0 aliphatic rings. The fraction of sp³-hybridized carbons (Fsp3) is 0.208. The fourth-order valence-electron chi connectivity index (χ4n) is 3.90. The van der Waals surface area contributed by atoms with E-state index in [-0.39, 0.29) is 17.6 Å². The van der Waals surface area contributed by atoms with Crippen molar-refractivity contribution in [3.63, 3.8) is 0 Å². The largest absolute Gasteiger partial charge is 0.459 e. The molecule has 4 heteroatoms. The molecule has 0 heterocycles. The van der Waals surface area contributed by atoms with Gasteiger partial charge < -0.3 is 4.74 Å². The summed E-state index contributed by atoms with van der Waals surface area (Å²) in [6.45, 7) is 6.67. The van der Waals surface area contributed by atoms with Gasteiger partial charge in [0.15, 0.2) is 0 Å². The van der Waals surface area contributed by atoms with Crippen LogP contribution in [0.15, 0.2) is 84.9 Å². The maximum atomic E-state index is 12.7. The third-order valence-electron chi connectivity index (χ3n) is 5.28. The van der Waals surface area contributed by atoms with E-state index in [0.29, 0.717) is 10.6 Å². The molecule has 0 radical (unpaired) electrons. The molecule has 0 aliphatic heterocycles. The smallest absolute Gasteiger partial charge is 0.338 e. The van der Waals surface area contributed by atoms with Crippen LogP contribution in [-0.2, 0) is 4.74 Å². The predicted octanol–water partition coefficient (Wildman–Crippen LogP) is 5.82. The molecule has 28 heavy (non-hydrogen) atoms. The standard InChI is InChI=1S/C24H25ClO2Si/c1-18(27-24(26)20-13-10-14-21(25)17-20)23(19-11-6-4-7-12-19)28(2,3)22-15-8-5-9-16-22/h4-18,23H,1-3H3. The highest BCUT2D eigenvalue weighted by Crippen LogP contribution is 2.32. The minimum Gasteiger partial charge on any atom is -0.459 e. The molecule has 0 amide bonds. The predicted molar refractivity (Wildman–Crippen MR) is 119 cm³/mol. The van der Waals surface area contributed by atoms with Gasteiger partial charge in [-0.25, -0.2) is 4.79 Å². The molecular formula is C24H25ClO2Si. The Morgan fingerprint density at radius 2 is 1.50 bits per heavy atom. The van der Waals surface area contributed by atoms with Crippen molar-refractivity contribution < 1.29 is 9.53 Å². The van der Waals surface area contributed by atoms with E-state index in [9.17, 15) is 4.79 Å². The first kappa shape index (κ1) is 20.4. The summed E-state index contributed by atoms with van der Waals surface area (Å²) in [6, 6.07) is 27.8. The third-order valence-corrected chi connectivity index (χ3v) is 9.69. The molecule has 0 saturated heterocycles. The summed E-state index contributed by atoms with van der Waals surface area (Å²) in [4.78, 5) is 12.7. The van der Waals surface area contributed by atoms with Gasteiger partial charge in [0.1, 0.15) is 6.10 Å². The number of benzene rings is 3. The van der Waals surface area contributed by atoms with Crippen LogP contribution in [0.2, 0.25) is 18.1 Å². The van der Waals surface area contributed by atoms with E-state index in [0.717, 1.165) is 0 Å². The van der Waals surface area contributed by atoms with Crippen molar-refractivity contribution in [2.24, 2.45) is 0 Å². The highest BCUT2D eigenvalue weighted by molar-refractivity contribution is 6.91. The zero-order valence-corrected chi connectivity index (χ0v) is 18.2. The number of hydrogen-bond donors (Lipinski definition) is 0. The second-order valence-electron chi connectivity index (χ2n) is 7.60. The van der Waals surface area contributed by atoms with Crippen LogP contribution >= 0.6 is 11.6 Å². The molecule has 3 rings (SSSR count). The number of esters is 1. The van der Waals surface area contributed by atoms with Crippen LogP contribution in [0.5, 0.6) is 0 Å². The molecule has 0 spiro atoms. The maximum absolute atomic E-state index is 12.7. The number of hydrogen-bond acceptors (Lipinski definition) is 2. The van der Waals surface area contributed by atoms with Crippen LogP contribution in [0, 0.1) is 0 Å². The summed E-state index contributed by atoms with van der Waals surface area (Å²) in [7, 11) is -1.99. The zero-order valence-electron chi connectivity index (χ0n) is 16.4. The van der Waals surface area contributed by atoms with Crippen LogP contribution in [0.3, 0.4) is 0 Å². The Hall–Kier alpha value is -2.36. The topological polar surface area (TPSA) is 26.3 Å². The van der Waals surface area contributed by atoms with Gasteiger partial charge in [-0.1, -0.05) is 96.6 Å². The lowest BCUT2D eigenvalue weighted by Gasteiger charge is -2.37. The van der Waals surface area contributed by atoms with Crippen molar-refractivity contribution in [2.75, 3.05) is 0 Å². The van der Waals surface area contributed by atoms with Crippen molar-refractivity contribution in [3.05, 3.63) is 101 Å². The normalized spacial score (nSPS) is 13.6. The zero-order chi connectivity index (χ0) is 20.1. The lowest BCUT2D eigenvalue weighted by Crippen LogP contribution is -2.52. The van der Waals surface area contributed by atoms with Gasteiger partial charge in [-0.05, 0) is 30.7 Å². The third kappa shape index (κ3) is 4.54. The molecule has 0 saturated carbocycles. The quantitative estimate of drug-likeness (QED) is 0.379. The van der Waals surface area contributed by atoms with Crippen molar-refractivity contribution in [3.8, 4) is 0 Å². The van der Waals surface area contributed by atoms with Crippen molar-refractivity contribution >= 4 is 30.8 Å². The first-order chi connectivity index (χ1) is 13.4. The number of rotatable bonds is 6. The van der Waals surface area contributed by atoms with Gasteiger partial charge in [-0.3, -0.25) is 0 Å². The summed E-state index contributed by atoms with van der Waals surface area (Å²) in [5, 5.41) is 1.87. The molecule has 0 N–H and O–H groups in total. The molecule has 0 aliphatic carbocycles. The number of carbonyl (C=O) groups is 1. The molecule has 0 aromatic heterocycles. The maximum Gasteiger partial charge on any atom is 0.338 e. The van der Waals surface area contributed by atoms with E-state index in [4.69, 9.17) is 16.3 Å². The lowest BCUT2D eigenvalue weighted by atomic mass is 10.1. The van der Waals surface area contributed by atoms with Crippen LogP contribution in [0.4, 0.5) is 0 Å². The van der Waals surface area contributed by atoms with Gasteiger partial charge in [-0.15, -0.1) is 0 Å². The van der Waals surface area contributed by atoms with E-state index in [1.54, 1.807) is 24.3 Å². The monoisotopic (exact) mass is 408 g/mol. The first-order valence-electron chi connectivity index (χ1n) is 9.46. The van der Waals surface area contributed by atoms with Crippen molar-refractivity contribution in [2.45, 2.75) is 31.7 Å². The highest BCUT2D eigenvalue weighted by Gasteiger charge is 2.40. The molecule has 144 valence electrons. The van der Waals surface area contributed by atoms with Crippen LogP contribution < -0.4 is 5.19 Å². The summed E-state index contributed by atoms with van der Waals surface area (Å²) < 4.78 is 5.95. The van der Waals surface area contributed by atoms with Crippen LogP contribution in [0.1, 0.15) is 28.4 Å². The minimum atomic E-state index is -1.99. The average Bonchev–Trinajstić information content (AvgIpc) is 2.69. The van der Waals surface area contributed by atoms with E-state index in [1.807, 2.05) is 31.2 Å². The molecule has 2 atom stereocenters. The van der Waals surface area contributed by atoms with E-state index >= 15 is 0 Å². The summed E-state index contributed by atoms with van der Waals surface area (Å²) in [6.07, 6.45) is -0.268. The van der Waals surface area contributed by atoms with Gasteiger partial charge in [0.2, 0.25) is 0 Å². The second kappa shape index (κ2) is 8.76. The molecular weight excluding hydrogens is 384 g/mol.